The van der Waals surface area contributed by atoms with Crippen molar-refractivity contribution in [2.45, 2.75) is 32.0 Å². The molecule has 30 heavy (non-hydrogen) atoms. The summed E-state index contributed by atoms with van der Waals surface area (Å²) in [6.45, 7) is 3.39. The molecule has 0 aliphatic carbocycles. The van der Waals surface area contributed by atoms with Gasteiger partial charge in [0.1, 0.15) is 11.9 Å². The van der Waals surface area contributed by atoms with Crippen molar-refractivity contribution in [3.8, 4) is 0 Å². The van der Waals surface area contributed by atoms with Gasteiger partial charge in [-0.05, 0) is 25.0 Å². The number of amides is 2. The number of nitrogens with zero attached hydrogens (tertiary/aromatic N) is 4. The number of amidine groups is 1. The number of carbonyl (C=O) groups excluding carboxylic acids is 1. The first-order chi connectivity index (χ1) is 14.6. The summed E-state index contributed by atoms with van der Waals surface area (Å²) >= 11 is 6.52. The Labute approximate surface area is 181 Å². The molecule has 154 valence electrons. The van der Waals surface area contributed by atoms with E-state index >= 15 is 0 Å². The predicted octanol–water partition coefficient (Wildman–Crippen LogP) is 4.85. The fraction of sp³-hybridized carbons (Fsp3) is 0.261. The topological polar surface area (TPSA) is 62.5 Å². The van der Waals surface area contributed by atoms with E-state index in [0.29, 0.717) is 17.4 Å². The van der Waals surface area contributed by atoms with Crippen molar-refractivity contribution in [2.24, 2.45) is 4.99 Å². The van der Waals surface area contributed by atoms with Gasteiger partial charge in [0, 0.05) is 36.1 Å². The van der Waals surface area contributed by atoms with Gasteiger partial charge in [0.15, 0.2) is 0 Å². The molecular formula is C23H24ClN5O. The first kappa shape index (κ1) is 20.2. The average Bonchev–Trinajstić information content (AvgIpc) is 3.37. The van der Waals surface area contributed by atoms with Crippen molar-refractivity contribution in [3.05, 3.63) is 89.5 Å². The lowest BCUT2D eigenvalue weighted by atomic mass is 10.0. The summed E-state index contributed by atoms with van der Waals surface area (Å²) in [6.07, 6.45) is 6.26. The van der Waals surface area contributed by atoms with E-state index in [1.54, 1.807) is 12.5 Å². The molecule has 3 aromatic rings. The number of aromatic nitrogens is 2. The second-order valence-electron chi connectivity index (χ2n) is 7.30. The molecule has 1 fully saturated rings. The number of nitrogens with one attached hydrogen (secondary N) is 1. The lowest BCUT2D eigenvalue weighted by Crippen LogP contribution is -2.31. The molecule has 2 amide bonds. The summed E-state index contributed by atoms with van der Waals surface area (Å²) in [6, 6.07) is 17.1. The van der Waals surface area contributed by atoms with Gasteiger partial charge in [0.2, 0.25) is 0 Å². The molecule has 7 heteroatoms. The first-order valence-corrected chi connectivity index (χ1v) is 10.4. The number of carbonyl (C=O) groups is 1. The highest BCUT2D eigenvalue weighted by Crippen LogP contribution is 2.33. The number of aryl methyl sites for hydroxylation is 1. The minimum atomic E-state index is -0.333. The molecule has 1 aromatic heterocycles. The van der Waals surface area contributed by atoms with Gasteiger partial charge in [-0.3, -0.25) is 10.3 Å². The van der Waals surface area contributed by atoms with Gasteiger partial charge in [-0.2, -0.15) is 0 Å². The monoisotopic (exact) mass is 421 g/mol. The van der Waals surface area contributed by atoms with Crippen molar-refractivity contribution in [1.29, 1.82) is 0 Å². The Morgan fingerprint density at radius 2 is 1.90 bits per heavy atom. The van der Waals surface area contributed by atoms with E-state index in [1.165, 1.54) is 0 Å². The highest BCUT2D eigenvalue weighted by Gasteiger charge is 2.38. The summed E-state index contributed by atoms with van der Waals surface area (Å²) in [5, 5.41) is 3.61. The van der Waals surface area contributed by atoms with Crippen molar-refractivity contribution < 1.29 is 4.79 Å². The zero-order valence-corrected chi connectivity index (χ0v) is 17.5. The molecule has 4 rings (SSSR count). The normalized spacial score (nSPS) is 18.6. The van der Waals surface area contributed by atoms with Gasteiger partial charge < -0.3 is 9.47 Å². The minimum Gasteiger partial charge on any atom is -0.337 e. The Morgan fingerprint density at radius 3 is 2.63 bits per heavy atom. The molecule has 2 heterocycles. The van der Waals surface area contributed by atoms with Crippen LogP contribution in [0.15, 0.2) is 78.3 Å². The molecule has 0 bridgehead atoms. The van der Waals surface area contributed by atoms with Crippen LogP contribution in [0.1, 0.15) is 36.6 Å². The number of imidazole rings is 1. The zero-order chi connectivity index (χ0) is 20.9. The maximum absolute atomic E-state index is 12.9. The van der Waals surface area contributed by atoms with Crippen LogP contribution in [0, 0.1) is 0 Å². The number of rotatable bonds is 7. The molecule has 0 spiro atoms. The second kappa shape index (κ2) is 9.13. The minimum absolute atomic E-state index is 0.0858. The third-order valence-electron chi connectivity index (χ3n) is 5.26. The molecule has 2 unspecified atom stereocenters. The van der Waals surface area contributed by atoms with E-state index in [1.807, 2.05) is 77.2 Å². The number of aliphatic imine (C=N–C) groups is 1. The largest absolute Gasteiger partial charge is 0.337 e. The quantitative estimate of drug-likeness (QED) is 0.592. The van der Waals surface area contributed by atoms with Crippen LogP contribution in [-0.2, 0) is 6.54 Å². The van der Waals surface area contributed by atoms with Gasteiger partial charge in [0.05, 0.1) is 12.4 Å². The average molecular weight is 422 g/mol. The Kier molecular flexibility index (Phi) is 6.14. The van der Waals surface area contributed by atoms with Crippen LogP contribution in [0.3, 0.4) is 0 Å². The lowest BCUT2D eigenvalue weighted by molar-refractivity contribution is 0.204. The van der Waals surface area contributed by atoms with Crippen LogP contribution >= 0.6 is 11.6 Å². The molecule has 2 atom stereocenters. The van der Waals surface area contributed by atoms with Gasteiger partial charge in [0.25, 0.3) is 0 Å². The second-order valence-corrected chi connectivity index (χ2v) is 7.71. The van der Waals surface area contributed by atoms with Crippen LogP contribution in [0.2, 0.25) is 5.02 Å². The highest BCUT2D eigenvalue weighted by atomic mass is 35.5. The number of halogens is 1. The van der Waals surface area contributed by atoms with E-state index in [4.69, 9.17) is 16.6 Å². The maximum atomic E-state index is 12.9. The van der Waals surface area contributed by atoms with E-state index < -0.39 is 0 Å². The van der Waals surface area contributed by atoms with Gasteiger partial charge >= 0.3 is 6.03 Å². The van der Waals surface area contributed by atoms with Crippen molar-refractivity contribution in [3.63, 3.8) is 0 Å². The number of hydrogen-bond donors (Lipinski definition) is 1. The van der Waals surface area contributed by atoms with Gasteiger partial charge in [-0.25, -0.2) is 9.78 Å². The van der Waals surface area contributed by atoms with Crippen molar-refractivity contribution in [1.82, 2.24) is 19.8 Å². The van der Waals surface area contributed by atoms with Crippen LogP contribution in [0.25, 0.3) is 0 Å². The third kappa shape index (κ3) is 4.39. The third-order valence-corrected chi connectivity index (χ3v) is 5.60. The molecule has 1 N–H and O–H groups in total. The fourth-order valence-corrected chi connectivity index (χ4v) is 3.96. The molecule has 0 radical (unpaired) electrons. The molecular weight excluding hydrogens is 398 g/mol. The first-order valence-electron chi connectivity index (χ1n) is 10.0. The van der Waals surface area contributed by atoms with Crippen LogP contribution in [0.5, 0.6) is 0 Å². The van der Waals surface area contributed by atoms with Crippen LogP contribution in [0.4, 0.5) is 4.79 Å². The molecule has 1 saturated heterocycles. The lowest BCUT2D eigenvalue weighted by Gasteiger charge is -2.24. The maximum Gasteiger partial charge on any atom is 0.323 e. The smallest absolute Gasteiger partial charge is 0.323 e. The summed E-state index contributed by atoms with van der Waals surface area (Å²) in [5.74, 6) is 0.632. The number of hydrogen-bond acceptors (Lipinski definition) is 3. The molecule has 1 aliphatic heterocycles. The standard InChI is InChI=1S/C23H24ClN5O/c1-17(18-8-3-2-4-9-18)26-22-21(19-10-5-6-11-20(19)24)29(23(30)27-22)14-7-13-28-15-12-25-16-28/h2-6,8-12,15-17,21H,7,13-14H2,1H3,(H,26,27,30). The summed E-state index contributed by atoms with van der Waals surface area (Å²) in [4.78, 5) is 23.6. The van der Waals surface area contributed by atoms with Crippen LogP contribution < -0.4 is 5.32 Å². The SMILES string of the molecule is CC(N=C1NC(=O)N(CCCn2ccnc2)C1c1ccccc1Cl)c1ccccc1. The van der Waals surface area contributed by atoms with Crippen molar-refractivity contribution >= 4 is 23.5 Å². The fourth-order valence-electron chi connectivity index (χ4n) is 3.72. The summed E-state index contributed by atoms with van der Waals surface area (Å²) in [7, 11) is 0. The summed E-state index contributed by atoms with van der Waals surface area (Å²) < 4.78 is 2.00. The molecule has 1 aliphatic rings. The molecule has 2 aromatic carbocycles. The van der Waals surface area contributed by atoms with Gasteiger partial charge in [-0.15, -0.1) is 0 Å². The zero-order valence-electron chi connectivity index (χ0n) is 16.8. The summed E-state index contributed by atoms with van der Waals surface area (Å²) in [5.41, 5.74) is 1.97. The van der Waals surface area contributed by atoms with E-state index in [9.17, 15) is 4.79 Å². The van der Waals surface area contributed by atoms with Gasteiger partial charge in [-0.1, -0.05) is 60.1 Å². The number of benzene rings is 2. The van der Waals surface area contributed by atoms with Crippen LogP contribution in [-0.4, -0.2) is 32.9 Å². The molecule has 6 nitrogen and oxygen atoms in total. The Balaban J connectivity index is 1.61. The predicted molar refractivity (Wildman–Crippen MR) is 119 cm³/mol. The Hall–Kier alpha value is -3.12. The van der Waals surface area contributed by atoms with E-state index in [0.717, 1.165) is 24.1 Å². The van der Waals surface area contributed by atoms with E-state index in [2.05, 4.69) is 10.3 Å². The van der Waals surface area contributed by atoms with Crippen molar-refractivity contribution in [2.75, 3.05) is 6.54 Å². The highest BCUT2D eigenvalue weighted by molar-refractivity contribution is 6.31. The Bertz CT molecular complexity index is 1020. The Morgan fingerprint density at radius 1 is 1.13 bits per heavy atom. The number of urea groups is 1. The van der Waals surface area contributed by atoms with E-state index in [-0.39, 0.29) is 18.1 Å². The molecule has 0 saturated carbocycles.